The highest BCUT2D eigenvalue weighted by Gasteiger charge is 2.27. The average molecular weight is 390 g/mol. The monoisotopic (exact) mass is 389 g/mol. The first-order valence-corrected chi connectivity index (χ1v) is 9.45. The number of anilines is 1. The van der Waals surface area contributed by atoms with Crippen LogP contribution in [0.25, 0.3) is 0 Å². The summed E-state index contributed by atoms with van der Waals surface area (Å²) in [5.74, 6) is 1.15. The van der Waals surface area contributed by atoms with Crippen molar-refractivity contribution in [1.82, 2.24) is 4.90 Å². The van der Waals surface area contributed by atoms with Gasteiger partial charge in [-0.05, 0) is 65.2 Å². The second-order valence-electron chi connectivity index (χ2n) is 6.75. The number of aliphatic imine (C=N–C) groups is 1. The van der Waals surface area contributed by atoms with E-state index in [2.05, 4.69) is 48.3 Å². The molecule has 0 atom stereocenters. The number of benzene rings is 1. The first-order valence-electron chi connectivity index (χ1n) is 8.47. The zero-order valence-electron chi connectivity index (χ0n) is 14.6. The first-order chi connectivity index (χ1) is 10.6. The van der Waals surface area contributed by atoms with Gasteiger partial charge in [0.05, 0.1) is 5.54 Å². The van der Waals surface area contributed by atoms with E-state index in [0.29, 0.717) is 0 Å². The van der Waals surface area contributed by atoms with Crippen molar-refractivity contribution in [2.24, 2.45) is 4.99 Å². The molecule has 24 heavy (non-hydrogen) atoms. The minimum atomic E-state index is -0.125. The molecule has 1 aromatic carbocycles. The fourth-order valence-corrected chi connectivity index (χ4v) is 4.28. The number of halogens is 2. The van der Waals surface area contributed by atoms with Gasteiger partial charge in [-0.25, -0.2) is 0 Å². The van der Waals surface area contributed by atoms with Crippen LogP contribution in [0.3, 0.4) is 0 Å². The summed E-state index contributed by atoms with van der Waals surface area (Å²) in [5.41, 5.74) is 2.37. The van der Waals surface area contributed by atoms with Crippen LogP contribution in [-0.2, 0) is 5.54 Å². The van der Waals surface area contributed by atoms with Crippen molar-refractivity contribution < 1.29 is 0 Å². The Morgan fingerprint density at radius 1 is 1.12 bits per heavy atom. The van der Waals surface area contributed by atoms with Gasteiger partial charge in [0.1, 0.15) is 0 Å². The number of fused-ring (bicyclic) bond motifs is 1. The van der Waals surface area contributed by atoms with Gasteiger partial charge in [-0.2, -0.15) is 0 Å². The van der Waals surface area contributed by atoms with Gasteiger partial charge in [0.2, 0.25) is 0 Å². The number of rotatable bonds is 5. The third-order valence-electron chi connectivity index (χ3n) is 4.51. The number of hydrogen-bond donors (Lipinski definition) is 1. The molecule has 6 heteroatoms. The second kappa shape index (κ2) is 9.91. The molecule has 1 fully saturated rings. The van der Waals surface area contributed by atoms with E-state index in [4.69, 9.17) is 4.99 Å². The molecule has 0 amide bonds. The average Bonchev–Trinajstić information content (AvgIpc) is 2.99. The molecule has 2 aliphatic rings. The number of thioether (sulfide) groups is 1. The third kappa shape index (κ3) is 5.55. The molecule has 0 aromatic heterocycles. The minimum absolute atomic E-state index is 0. The lowest BCUT2D eigenvalue weighted by molar-refractivity contribution is 0.333. The molecular formula is C18H29Cl2N3S. The SMILES string of the molecule is CC1(C)N=C(SCCCCN2CCCC2)Nc2ccccc21.Cl.Cl. The smallest absolute Gasteiger partial charge is 0.161 e. The summed E-state index contributed by atoms with van der Waals surface area (Å²) in [6, 6.07) is 8.50. The van der Waals surface area contributed by atoms with E-state index >= 15 is 0 Å². The lowest BCUT2D eigenvalue weighted by Gasteiger charge is -2.30. The largest absolute Gasteiger partial charge is 0.335 e. The van der Waals surface area contributed by atoms with Crippen LogP contribution in [0, 0.1) is 0 Å². The lowest BCUT2D eigenvalue weighted by Crippen LogP contribution is -2.27. The molecule has 0 bridgehead atoms. The van der Waals surface area contributed by atoms with Gasteiger partial charge in [0, 0.05) is 17.0 Å². The summed E-state index contributed by atoms with van der Waals surface area (Å²) in [6.45, 7) is 8.29. The van der Waals surface area contributed by atoms with E-state index in [1.807, 2.05) is 11.8 Å². The summed E-state index contributed by atoms with van der Waals surface area (Å²) in [4.78, 5) is 7.49. The number of nitrogens with one attached hydrogen (secondary N) is 1. The van der Waals surface area contributed by atoms with E-state index in [0.717, 1.165) is 10.9 Å². The van der Waals surface area contributed by atoms with Crippen molar-refractivity contribution in [3.8, 4) is 0 Å². The highest BCUT2D eigenvalue weighted by molar-refractivity contribution is 8.14. The Bertz CT molecular complexity index is 543. The molecule has 1 saturated heterocycles. The summed E-state index contributed by atoms with van der Waals surface area (Å²) >= 11 is 1.87. The van der Waals surface area contributed by atoms with E-state index in [1.54, 1.807) is 0 Å². The van der Waals surface area contributed by atoms with Crippen LogP contribution in [0.1, 0.15) is 45.1 Å². The maximum atomic E-state index is 4.89. The van der Waals surface area contributed by atoms with Gasteiger partial charge in [-0.1, -0.05) is 30.0 Å². The van der Waals surface area contributed by atoms with Crippen molar-refractivity contribution in [3.63, 3.8) is 0 Å². The molecular weight excluding hydrogens is 361 g/mol. The van der Waals surface area contributed by atoms with Gasteiger partial charge in [0.15, 0.2) is 5.17 Å². The predicted molar refractivity (Wildman–Crippen MR) is 112 cm³/mol. The molecule has 1 aromatic rings. The van der Waals surface area contributed by atoms with Gasteiger partial charge in [-0.15, -0.1) is 24.8 Å². The standard InChI is InChI=1S/C18H27N3S.2ClH/c1-18(2)15-9-3-4-10-16(15)19-17(20-18)22-14-8-7-13-21-11-5-6-12-21;;/h3-4,9-10H,5-8,11-14H2,1-2H3,(H,19,20);2*1H. The number of amidine groups is 1. The van der Waals surface area contributed by atoms with E-state index in [9.17, 15) is 0 Å². The van der Waals surface area contributed by atoms with Crippen molar-refractivity contribution in [1.29, 1.82) is 0 Å². The number of nitrogens with zero attached hydrogens (tertiary/aromatic N) is 2. The molecule has 0 spiro atoms. The molecule has 2 heterocycles. The van der Waals surface area contributed by atoms with E-state index in [-0.39, 0.29) is 30.4 Å². The van der Waals surface area contributed by atoms with Gasteiger partial charge >= 0.3 is 0 Å². The molecule has 0 unspecified atom stereocenters. The molecule has 2 aliphatic heterocycles. The molecule has 0 saturated carbocycles. The van der Waals surface area contributed by atoms with Gasteiger partial charge in [0.25, 0.3) is 0 Å². The van der Waals surface area contributed by atoms with Crippen molar-refractivity contribution in [2.75, 3.05) is 30.7 Å². The fourth-order valence-electron chi connectivity index (χ4n) is 3.26. The van der Waals surface area contributed by atoms with E-state index < -0.39 is 0 Å². The minimum Gasteiger partial charge on any atom is -0.335 e. The highest BCUT2D eigenvalue weighted by Crippen LogP contribution is 2.36. The van der Waals surface area contributed by atoms with Crippen LogP contribution in [-0.4, -0.2) is 35.5 Å². The topological polar surface area (TPSA) is 27.6 Å². The first kappa shape index (κ1) is 21.6. The third-order valence-corrected chi connectivity index (χ3v) is 5.47. The number of unbranched alkanes of at least 4 members (excludes halogenated alkanes) is 1. The molecule has 136 valence electrons. The van der Waals surface area contributed by atoms with Gasteiger partial charge < -0.3 is 10.2 Å². The Kier molecular flexibility index (Phi) is 8.93. The molecule has 0 radical (unpaired) electrons. The summed E-state index contributed by atoms with van der Waals surface area (Å²) < 4.78 is 0. The molecule has 1 N–H and O–H groups in total. The second-order valence-corrected chi connectivity index (χ2v) is 7.83. The van der Waals surface area contributed by atoms with Crippen molar-refractivity contribution >= 4 is 47.4 Å². The van der Waals surface area contributed by atoms with Crippen LogP contribution >= 0.6 is 36.6 Å². The maximum absolute atomic E-state index is 4.89. The normalized spacial score (nSPS) is 18.7. The summed E-state index contributed by atoms with van der Waals surface area (Å²) in [7, 11) is 0. The summed E-state index contributed by atoms with van der Waals surface area (Å²) in [5, 5.41) is 4.56. The Hall–Kier alpha value is -0.420. The van der Waals surface area contributed by atoms with Crippen LogP contribution < -0.4 is 5.32 Å². The van der Waals surface area contributed by atoms with Crippen LogP contribution in [0.4, 0.5) is 5.69 Å². The van der Waals surface area contributed by atoms with Crippen LogP contribution in [0.2, 0.25) is 0 Å². The number of likely N-dealkylation sites (tertiary alicyclic amines) is 1. The Balaban J connectivity index is 0.00000144. The molecule has 3 nitrogen and oxygen atoms in total. The van der Waals surface area contributed by atoms with Crippen molar-refractivity contribution in [2.45, 2.75) is 45.1 Å². The van der Waals surface area contributed by atoms with Crippen molar-refractivity contribution in [3.05, 3.63) is 29.8 Å². The number of para-hydroxylation sites is 1. The highest BCUT2D eigenvalue weighted by atomic mass is 35.5. The zero-order chi connectivity index (χ0) is 15.4. The van der Waals surface area contributed by atoms with Gasteiger partial charge in [-0.3, -0.25) is 4.99 Å². The van der Waals surface area contributed by atoms with Crippen LogP contribution in [0.15, 0.2) is 29.3 Å². The number of hydrogen-bond acceptors (Lipinski definition) is 4. The lowest BCUT2D eigenvalue weighted by atomic mass is 9.92. The Morgan fingerprint density at radius 3 is 2.58 bits per heavy atom. The van der Waals surface area contributed by atoms with Crippen LogP contribution in [0.5, 0.6) is 0 Å². The predicted octanol–water partition coefficient (Wildman–Crippen LogP) is 5.16. The maximum Gasteiger partial charge on any atom is 0.161 e. The Morgan fingerprint density at radius 2 is 1.83 bits per heavy atom. The van der Waals surface area contributed by atoms with E-state index in [1.165, 1.54) is 56.6 Å². The quantitative estimate of drug-likeness (QED) is 0.704. The Labute approximate surface area is 162 Å². The molecule has 3 rings (SSSR count). The summed E-state index contributed by atoms with van der Waals surface area (Å²) in [6.07, 6.45) is 5.36. The zero-order valence-corrected chi connectivity index (χ0v) is 17.0. The molecule has 0 aliphatic carbocycles. The fraction of sp³-hybridized carbons (Fsp3) is 0.611.